The molecule has 0 saturated carbocycles. The van der Waals surface area contributed by atoms with Crippen molar-refractivity contribution in [3.05, 3.63) is 143 Å². The number of ether oxygens (including phenoxy) is 2. The minimum atomic E-state index is -0.739. The summed E-state index contributed by atoms with van der Waals surface area (Å²) < 4.78 is 12.8. The molecule has 0 aliphatic heterocycles. The van der Waals surface area contributed by atoms with Gasteiger partial charge in [-0.3, -0.25) is 0 Å². The lowest BCUT2D eigenvalue weighted by atomic mass is 9.69. The number of hydrogen-bond donors (Lipinski definition) is 0. The van der Waals surface area contributed by atoms with Crippen LogP contribution >= 0.6 is 8.58 Å². The fourth-order valence-electron chi connectivity index (χ4n) is 5.66. The average molecular weight is 523 g/mol. The summed E-state index contributed by atoms with van der Waals surface area (Å²) in [5.74, 6) is -1.05. The minimum Gasteiger partial charge on any atom is -0.454 e. The molecule has 4 aromatic carbocycles. The van der Waals surface area contributed by atoms with Crippen LogP contribution in [0.3, 0.4) is 0 Å². The first-order valence-electron chi connectivity index (χ1n) is 12.8. The van der Waals surface area contributed by atoms with E-state index in [1.54, 1.807) is 24.3 Å². The number of rotatable bonds is 6. The molecule has 0 spiro atoms. The van der Waals surface area contributed by atoms with Crippen molar-refractivity contribution in [2.45, 2.75) is 37.1 Å². The third kappa shape index (κ3) is 4.54. The Kier molecular flexibility index (Phi) is 7.44. The van der Waals surface area contributed by atoms with Crippen molar-refractivity contribution < 1.29 is 19.1 Å². The van der Waals surface area contributed by atoms with Gasteiger partial charge in [0.25, 0.3) is 0 Å². The third-order valence-corrected chi connectivity index (χ3v) is 9.17. The Labute approximate surface area is 225 Å². The van der Waals surface area contributed by atoms with Crippen LogP contribution in [0.5, 0.6) is 0 Å². The Morgan fingerprint density at radius 1 is 0.684 bits per heavy atom. The van der Waals surface area contributed by atoms with Crippen LogP contribution in [0.4, 0.5) is 0 Å². The van der Waals surface area contributed by atoms with Gasteiger partial charge in [0.15, 0.2) is 6.10 Å². The lowest BCUT2D eigenvalue weighted by molar-refractivity contribution is -0.0585. The monoisotopic (exact) mass is 522 g/mol. The van der Waals surface area contributed by atoms with E-state index in [2.05, 4.69) is 37.9 Å². The van der Waals surface area contributed by atoms with E-state index in [4.69, 9.17) is 9.47 Å². The van der Waals surface area contributed by atoms with E-state index in [0.29, 0.717) is 19.7 Å². The van der Waals surface area contributed by atoms with E-state index in [9.17, 15) is 9.59 Å². The summed E-state index contributed by atoms with van der Waals surface area (Å²) in [6, 6.07) is 34.5. The maximum Gasteiger partial charge on any atom is 0.338 e. The number of fused-ring (bicyclic) bond motifs is 1. The molecule has 1 aliphatic carbocycles. The van der Waals surface area contributed by atoms with Crippen molar-refractivity contribution >= 4 is 20.5 Å². The van der Waals surface area contributed by atoms with Crippen LogP contribution in [0.2, 0.25) is 0 Å². The van der Waals surface area contributed by atoms with Crippen molar-refractivity contribution in [2.24, 2.45) is 0 Å². The lowest BCUT2D eigenvalue weighted by Crippen LogP contribution is -2.54. The van der Waals surface area contributed by atoms with Gasteiger partial charge in [-0.15, -0.1) is 8.58 Å². The van der Waals surface area contributed by atoms with Crippen LogP contribution in [0.25, 0.3) is 0 Å². The van der Waals surface area contributed by atoms with Crippen molar-refractivity contribution in [1.29, 1.82) is 0 Å². The van der Waals surface area contributed by atoms with E-state index in [1.807, 2.05) is 67.6 Å². The van der Waals surface area contributed by atoms with Crippen molar-refractivity contribution in [2.75, 3.05) is 6.66 Å². The van der Waals surface area contributed by atoms with Crippen LogP contribution in [-0.2, 0) is 14.6 Å². The highest BCUT2D eigenvalue weighted by atomic mass is 31.1. The highest BCUT2D eigenvalue weighted by Crippen LogP contribution is 2.58. The van der Waals surface area contributed by atoms with E-state index < -0.39 is 29.3 Å². The van der Waals surface area contributed by atoms with Gasteiger partial charge in [0.05, 0.1) is 16.3 Å². The molecule has 0 N–H and O–H groups in total. The molecular formula is C33H31O4P. The van der Waals surface area contributed by atoms with E-state index >= 15 is 0 Å². The summed E-state index contributed by atoms with van der Waals surface area (Å²) in [5.41, 5.74) is 5.31. The first kappa shape index (κ1) is 25.9. The molecule has 0 aromatic heterocycles. The highest BCUT2D eigenvalue weighted by Gasteiger charge is 2.56. The van der Waals surface area contributed by atoms with Gasteiger partial charge < -0.3 is 9.47 Å². The summed E-state index contributed by atoms with van der Waals surface area (Å²) in [7, 11) is 0.326. The second-order valence-electron chi connectivity index (χ2n) is 9.68. The molecule has 0 bridgehead atoms. The Hall–Kier alpha value is -3.75. The zero-order valence-electron chi connectivity index (χ0n) is 21.8. The number of carbonyl (C=O) groups is 2. The minimum absolute atomic E-state index is 0.194. The zero-order chi connectivity index (χ0) is 26.7. The summed E-state index contributed by atoms with van der Waals surface area (Å²) >= 11 is 0. The largest absolute Gasteiger partial charge is 0.454 e. The van der Waals surface area contributed by atoms with Gasteiger partial charge in [0.2, 0.25) is 0 Å². The number of hydrogen-bond acceptors (Lipinski definition) is 4. The highest BCUT2D eigenvalue weighted by molar-refractivity contribution is 7.39. The van der Waals surface area contributed by atoms with Crippen LogP contribution in [0, 0.1) is 6.92 Å². The summed E-state index contributed by atoms with van der Waals surface area (Å²) in [4.78, 5) is 27.0. The van der Waals surface area contributed by atoms with Gasteiger partial charge in [0.1, 0.15) is 6.10 Å². The van der Waals surface area contributed by atoms with Crippen molar-refractivity contribution in [3.63, 3.8) is 0 Å². The number of esters is 2. The number of carbonyl (C=O) groups excluding carboxylic acids is 2. The molecule has 0 radical (unpaired) electrons. The second kappa shape index (κ2) is 10.9. The van der Waals surface area contributed by atoms with Gasteiger partial charge in [-0.1, -0.05) is 91.9 Å². The molecule has 192 valence electrons. The van der Waals surface area contributed by atoms with E-state index in [1.165, 1.54) is 0 Å². The van der Waals surface area contributed by atoms with E-state index in [-0.39, 0.29) is 5.92 Å². The van der Waals surface area contributed by atoms with Gasteiger partial charge in [-0.25, -0.2) is 9.59 Å². The molecule has 0 amide bonds. The summed E-state index contributed by atoms with van der Waals surface area (Å²) in [6.07, 6.45) is -1.44. The SMILES string of the molecule is CPC1(c2ccccc2C)c2ccccc2C(C)C(OC(=O)c2ccccc2)C1OC(=O)c1ccccc1. The first-order chi connectivity index (χ1) is 18.5. The van der Waals surface area contributed by atoms with Gasteiger partial charge in [-0.05, 0) is 60.1 Å². The lowest BCUT2D eigenvalue weighted by Gasteiger charge is -2.50. The molecule has 5 unspecified atom stereocenters. The molecule has 0 fully saturated rings. The van der Waals surface area contributed by atoms with Gasteiger partial charge in [0, 0.05) is 5.92 Å². The summed E-state index contributed by atoms with van der Waals surface area (Å²) in [6.45, 7) is 6.27. The third-order valence-electron chi connectivity index (χ3n) is 7.55. The zero-order valence-corrected chi connectivity index (χ0v) is 22.8. The van der Waals surface area contributed by atoms with Crippen LogP contribution in [-0.4, -0.2) is 30.8 Å². The Morgan fingerprint density at radius 3 is 1.76 bits per heavy atom. The summed E-state index contributed by atoms with van der Waals surface area (Å²) in [5, 5.41) is -0.694. The molecule has 4 nitrogen and oxygen atoms in total. The molecular weight excluding hydrogens is 491 g/mol. The van der Waals surface area contributed by atoms with Crippen LogP contribution in [0.1, 0.15) is 55.8 Å². The molecule has 0 heterocycles. The quantitative estimate of drug-likeness (QED) is 0.200. The van der Waals surface area contributed by atoms with Gasteiger partial charge >= 0.3 is 11.9 Å². The smallest absolute Gasteiger partial charge is 0.338 e. The van der Waals surface area contributed by atoms with Crippen molar-refractivity contribution in [1.82, 2.24) is 0 Å². The van der Waals surface area contributed by atoms with E-state index in [0.717, 1.165) is 22.3 Å². The molecule has 4 aromatic rings. The second-order valence-corrected chi connectivity index (χ2v) is 11.0. The molecule has 1 aliphatic rings. The molecule has 0 saturated heterocycles. The maximum atomic E-state index is 13.6. The van der Waals surface area contributed by atoms with Crippen molar-refractivity contribution in [3.8, 4) is 0 Å². The van der Waals surface area contributed by atoms with Gasteiger partial charge in [-0.2, -0.15) is 0 Å². The number of benzene rings is 4. The normalized spacial score (nSPS) is 22.6. The Balaban J connectivity index is 1.71. The molecule has 38 heavy (non-hydrogen) atoms. The standard InChI is InChI=1S/C33H31O4P/c1-22-14-10-12-20-27(22)33(38-3)28-21-13-11-19-26(28)23(2)29(36-31(34)24-15-6-4-7-16-24)30(33)37-32(35)25-17-8-5-9-18-25/h4-21,23,29-30,38H,1-3H3. The molecule has 5 heteroatoms. The topological polar surface area (TPSA) is 52.6 Å². The average Bonchev–Trinajstić information content (AvgIpc) is 2.97. The van der Waals surface area contributed by atoms with Crippen LogP contribution in [0.15, 0.2) is 109 Å². The fourth-order valence-corrected chi connectivity index (χ4v) is 7.21. The Morgan fingerprint density at radius 2 is 1.18 bits per heavy atom. The van der Waals surface area contributed by atoms with Crippen LogP contribution < -0.4 is 0 Å². The molecule has 5 atom stereocenters. The Bertz CT molecular complexity index is 1440. The first-order valence-corrected chi connectivity index (χ1v) is 14.3. The maximum absolute atomic E-state index is 13.6. The predicted octanol–water partition coefficient (Wildman–Crippen LogP) is 7.12. The fraction of sp³-hybridized carbons (Fsp3) is 0.212. The predicted molar refractivity (Wildman–Crippen MR) is 152 cm³/mol. The molecule has 5 rings (SSSR count). The number of aryl methyl sites for hydroxylation is 1.